The van der Waals surface area contributed by atoms with Crippen molar-refractivity contribution in [2.75, 3.05) is 21.3 Å². The van der Waals surface area contributed by atoms with Crippen molar-refractivity contribution in [3.63, 3.8) is 0 Å². The summed E-state index contributed by atoms with van der Waals surface area (Å²) in [6.07, 6.45) is 24.3. The minimum absolute atomic E-state index is 0.143. The van der Waals surface area contributed by atoms with Gasteiger partial charge in [0, 0.05) is 32.4 Å². The maximum absolute atomic E-state index is 7.22. The van der Waals surface area contributed by atoms with Gasteiger partial charge in [0.15, 0.2) is 0 Å². The van der Waals surface area contributed by atoms with Crippen LogP contribution in [0.4, 0.5) is 0 Å². The lowest BCUT2D eigenvalue weighted by molar-refractivity contribution is 0.0909. The van der Waals surface area contributed by atoms with Gasteiger partial charge in [0.2, 0.25) is 0 Å². The van der Waals surface area contributed by atoms with E-state index in [1.165, 1.54) is 103 Å². The van der Waals surface area contributed by atoms with Crippen molar-refractivity contribution in [3.05, 3.63) is 0 Å². The fraction of sp³-hybridized carbons (Fsp3) is 1.00. The molecule has 1 atom stereocenters. The number of nitrogens with two attached hydrogens (primary N) is 1. The summed E-state index contributed by atoms with van der Waals surface area (Å²) in [5.41, 5.74) is 7.09. The molecule has 0 spiro atoms. The second-order valence-electron chi connectivity index (χ2n) is 9.86. The second kappa shape index (κ2) is 20.4. The Labute approximate surface area is 203 Å². The normalized spacial score (nSPS) is 13.6. The van der Waals surface area contributed by atoms with Gasteiger partial charge in [0.05, 0.1) is 0 Å². The minimum Gasteiger partial charge on any atom is -0.377 e. The van der Waals surface area contributed by atoms with Crippen molar-refractivity contribution in [2.24, 2.45) is 5.73 Å². The Kier molecular flexibility index (Phi) is 20.5. The van der Waals surface area contributed by atoms with Gasteiger partial charge in [-0.1, -0.05) is 124 Å². The SMILES string of the molecule is CCCCCCCCCCC(N)(CCCCCCCCCC)C(CC)[Si](OC)(OC)OC. The predicted octanol–water partition coefficient (Wildman–Crippen LogP) is 8.40. The summed E-state index contributed by atoms with van der Waals surface area (Å²) >= 11 is 0. The Morgan fingerprint density at radius 3 is 1.16 bits per heavy atom. The van der Waals surface area contributed by atoms with Crippen LogP contribution in [-0.2, 0) is 13.3 Å². The third-order valence-corrected chi connectivity index (χ3v) is 10.9. The van der Waals surface area contributed by atoms with E-state index in [2.05, 4.69) is 20.8 Å². The topological polar surface area (TPSA) is 53.7 Å². The highest BCUT2D eigenvalue weighted by Gasteiger charge is 2.54. The highest BCUT2D eigenvalue weighted by atomic mass is 28.4. The van der Waals surface area contributed by atoms with Gasteiger partial charge >= 0.3 is 8.80 Å². The van der Waals surface area contributed by atoms with Crippen LogP contribution >= 0.6 is 0 Å². The Bertz CT molecular complexity index is 376. The average Bonchev–Trinajstić information content (AvgIpc) is 2.81. The van der Waals surface area contributed by atoms with Crippen LogP contribution in [0.15, 0.2) is 0 Å². The zero-order chi connectivity index (χ0) is 24.1. The van der Waals surface area contributed by atoms with Crippen molar-refractivity contribution in [1.82, 2.24) is 0 Å². The summed E-state index contributed by atoms with van der Waals surface area (Å²) in [6, 6.07) is 0. The molecule has 0 amide bonds. The van der Waals surface area contributed by atoms with Crippen LogP contribution in [0.1, 0.15) is 143 Å². The number of rotatable bonds is 24. The zero-order valence-corrected chi connectivity index (χ0v) is 23.8. The predicted molar refractivity (Wildman–Crippen MR) is 142 cm³/mol. The van der Waals surface area contributed by atoms with Crippen LogP contribution < -0.4 is 5.73 Å². The van der Waals surface area contributed by atoms with E-state index in [-0.39, 0.29) is 11.1 Å². The molecule has 1 unspecified atom stereocenters. The van der Waals surface area contributed by atoms with E-state index in [0.717, 1.165) is 19.3 Å². The zero-order valence-electron chi connectivity index (χ0n) is 22.8. The number of unbranched alkanes of at least 4 members (excludes halogenated alkanes) is 14. The summed E-state index contributed by atoms with van der Waals surface area (Å²) in [5.74, 6) is 0. The molecule has 0 aromatic carbocycles. The lowest BCUT2D eigenvalue weighted by Gasteiger charge is -2.44. The first kappa shape index (κ1) is 32.1. The Hall–Kier alpha value is 0.0569. The molecule has 0 aliphatic heterocycles. The molecule has 0 aromatic rings. The number of hydrogen-bond acceptors (Lipinski definition) is 4. The van der Waals surface area contributed by atoms with Crippen molar-refractivity contribution in [3.8, 4) is 0 Å². The van der Waals surface area contributed by atoms with Gasteiger partial charge in [-0.3, -0.25) is 0 Å². The van der Waals surface area contributed by atoms with Crippen molar-refractivity contribution >= 4 is 8.80 Å². The molecule has 32 heavy (non-hydrogen) atoms. The largest absolute Gasteiger partial charge is 0.505 e. The molecule has 0 saturated heterocycles. The molecule has 4 nitrogen and oxygen atoms in total. The van der Waals surface area contributed by atoms with Crippen LogP contribution in [0.5, 0.6) is 0 Å². The lowest BCUT2D eigenvalue weighted by Crippen LogP contribution is -2.59. The number of hydrogen-bond donors (Lipinski definition) is 1. The maximum Gasteiger partial charge on any atom is 0.505 e. The molecule has 0 aliphatic carbocycles. The van der Waals surface area contributed by atoms with Crippen molar-refractivity contribution in [1.29, 1.82) is 0 Å². The first-order chi connectivity index (χ1) is 15.5. The average molecular weight is 474 g/mol. The van der Waals surface area contributed by atoms with Gasteiger partial charge < -0.3 is 19.0 Å². The van der Waals surface area contributed by atoms with Gasteiger partial charge in [-0.15, -0.1) is 0 Å². The molecule has 0 heterocycles. The van der Waals surface area contributed by atoms with Gasteiger partial charge in [-0.25, -0.2) is 0 Å². The summed E-state index contributed by atoms with van der Waals surface area (Å²) in [5, 5.41) is 0. The Morgan fingerprint density at radius 2 is 0.875 bits per heavy atom. The maximum atomic E-state index is 7.22. The Balaban J connectivity index is 4.81. The van der Waals surface area contributed by atoms with Crippen LogP contribution in [0.3, 0.4) is 0 Å². The standard InChI is InChI=1S/C27H59NO3Si/c1-7-10-12-14-16-18-20-22-24-27(28,25-23-21-19-17-15-13-11-8-2)26(9-3)32(29-4,30-5)31-6/h26H,7-25,28H2,1-6H3. The lowest BCUT2D eigenvalue weighted by atomic mass is 9.83. The van der Waals surface area contributed by atoms with Gasteiger partial charge in [-0.05, 0) is 19.3 Å². The molecule has 194 valence electrons. The first-order valence-electron chi connectivity index (χ1n) is 13.9. The summed E-state index contributed by atoms with van der Waals surface area (Å²) in [4.78, 5) is 0. The molecular weight excluding hydrogens is 414 g/mol. The minimum atomic E-state index is -2.79. The highest BCUT2D eigenvalue weighted by Crippen LogP contribution is 2.42. The first-order valence-corrected chi connectivity index (χ1v) is 15.7. The van der Waals surface area contributed by atoms with Crippen molar-refractivity contribution < 1.29 is 13.3 Å². The molecule has 0 saturated carbocycles. The van der Waals surface area contributed by atoms with E-state index in [0.29, 0.717) is 0 Å². The molecule has 5 heteroatoms. The summed E-state index contributed by atoms with van der Waals surface area (Å²) in [6.45, 7) is 6.77. The third-order valence-electron chi connectivity index (χ3n) is 7.37. The van der Waals surface area contributed by atoms with E-state index in [1.807, 2.05) is 0 Å². The van der Waals surface area contributed by atoms with E-state index in [9.17, 15) is 0 Å². The monoisotopic (exact) mass is 473 g/mol. The van der Waals surface area contributed by atoms with Gasteiger partial charge in [0.1, 0.15) is 0 Å². The second-order valence-corrected chi connectivity index (χ2v) is 13.0. The van der Waals surface area contributed by atoms with Crippen LogP contribution in [-0.4, -0.2) is 35.7 Å². The van der Waals surface area contributed by atoms with Crippen LogP contribution in [0, 0.1) is 0 Å². The van der Waals surface area contributed by atoms with E-state index in [1.54, 1.807) is 21.3 Å². The molecule has 0 bridgehead atoms. The summed E-state index contributed by atoms with van der Waals surface area (Å²) in [7, 11) is 2.41. The molecular formula is C27H59NO3Si. The van der Waals surface area contributed by atoms with Crippen LogP contribution in [0.25, 0.3) is 0 Å². The van der Waals surface area contributed by atoms with Crippen molar-refractivity contribution in [2.45, 2.75) is 154 Å². The van der Waals surface area contributed by atoms with Gasteiger partial charge in [0.25, 0.3) is 0 Å². The molecule has 0 rings (SSSR count). The molecule has 0 aliphatic rings. The highest BCUT2D eigenvalue weighted by molar-refractivity contribution is 6.62. The molecule has 2 N–H and O–H groups in total. The van der Waals surface area contributed by atoms with E-state index in [4.69, 9.17) is 19.0 Å². The Morgan fingerprint density at radius 1 is 0.562 bits per heavy atom. The fourth-order valence-corrected chi connectivity index (χ4v) is 8.18. The molecule has 0 aromatic heterocycles. The van der Waals surface area contributed by atoms with Crippen LogP contribution in [0.2, 0.25) is 5.54 Å². The van der Waals surface area contributed by atoms with E-state index >= 15 is 0 Å². The smallest absolute Gasteiger partial charge is 0.377 e. The van der Waals surface area contributed by atoms with E-state index < -0.39 is 8.80 Å². The summed E-state index contributed by atoms with van der Waals surface area (Å²) < 4.78 is 17.7. The van der Waals surface area contributed by atoms with Gasteiger partial charge in [-0.2, -0.15) is 0 Å². The third kappa shape index (κ3) is 12.5. The fourth-order valence-electron chi connectivity index (χ4n) is 5.33. The quantitative estimate of drug-likeness (QED) is 0.113. The molecule has 0 radical (unpaired) electrons. The molecule has 0 fully saturated rings.